The maximum atomic E-state index is 12.8. The fraction of sp³-hybridized carbons (Fsp3) is 0.273. The molecule has 3 N–H and O–H groups in total. The van der Waals surface area contributed by atoms with Crippen LogP contribution in [0.3, 0.4) is 0 Å². The van der Waals surface area contributed by atoms with Gasteiger partial charge in [0, 0.05) is 43.1 Å². The second-order valence-corrected chi connectivity index (χ2v) is 8.39. The van der Waals surface area contributed by atoms with Gasteiger partial charge in [0.25, 0.3) is 0 Å². The number of nitrogen functional groups attached to an aromatic ring is 1. The van der Waals surface area contributed by atoms with Crippen LogP contribution in [0.5, 0.6) is 0 Å². The lowest BCUT2D eigenvalue weighted by Gasteiger charge is -2.34. The van der Waals surface area contributed by atoms with Crippen molar-refractivity contribution in [1.29, 1.82) is 0 Å². The van der Waals surface area contributed by atoms with Gasteiger partial charge in [0.05, 0.1) is 0 Å². The summed E-state index contributed by atoms with van der Waals surface area (Å²) >= 11 is 1.28. The van der Waals surface area contributed by atoms with E-state index in [1.54, 1.807) is 6.07 Å². The van der Waals surface area contributed by atoms with E-state index < -0.39 is 0 Å². The number of aromatic nitrogens is 1. The molecule has 2 aromatic carbocycles. The van der Waals surface area contributed by atoms with Crippen molar-refractivity contribution in [1.82, 2.24) is 9.88 Å². The zero-order chi connectivity index (χ0) is 20.4. The number of piperazine rings is 1. The van der Waals surface area contributed by atoms with E-state index in [4.69, 9.17) is 5.73 Å². The van der Waals surface area contributed by atoms with Crippen molar-refractivity contribution in [2.45, 2.75) is 6.92 Å². The van der Waals surface area contributed by atoms with Crippen LogP contribution in [0, 0.1) is 6.92 Å². The molecule has 0 atom stereocenters. The van der Waals surface area contributed by atoms with Gasteiger partial charge in [-0.15, -0.1) is 0 Å². The van der Waals surface area contributed by atoms with E-state index in [0.717, 1.165) is 37.4 Å². The summed E-state index contributed by atoms with van der Waals surface area (Å²) in [5.41, 5.74) is 9.84. The van der Waals surface area contributed by atoms with Gasteiger partial charge in [-0.05, 0) is 44.3 Å². The van der Waals surface area contributed by atoms with Crippen LogP contribution in [0.4, 0.5) is 22.3 Å². The number of carbonyl (C=O) groups is 1. The van der Waals surface area contributed by atoms with Crippen molar-refractivity contribution < 1.29 is 4.79 Å². The molecule has 0 unspecified atom stereocenters. The number of rotatable bonds is 5. The zero-order valence-electron chi connectivity index (χ0n) is 16.7. The van der Waals surface area contributed by atoms with Gasteiger partial charge in [-0.25, -0.2) is 4.98 Å². The maximum Gasteiger partial charge on any atom is 0.206 e. The van der Waals surface area contributed by atoms with Crippen molar-refractivity contribution in [2.75, 3.05) is 49.2 Å². The molecule has 1 aliphatic heterocycles. The van der Waals surface area contributed by atoms with Gasteiger partial charge in [-0.2, -0.15) is 0 Å². The fourth-order valence-electron chi connectivity index (χ4n) is 3.41. The van der Waals surface area contributed by atoms with E-state index >= 15 is 0 Å². The number of hydrogen-bond acceptors (Lipinski definition) is 7. The number of benzene rings is 2. The van der Waals surface area contributed by atoms with Crippen LogP contribution in [0.15, 0.2) is 48.5 Å². The molecule has 1 fully saturated rings. The Hall–Kier alpha value is -2.90. The Morgan fingerprint density at radius 3 is 2.52 bits per heavy atom. The molecule has 7 heteroatoms. The van der Waals surface area contributed by atoms with E-state index in [9.17, 15) is 4.79 Å². The standard InChI is InChI=1S/C22H25N5OS/c1-15-4-3-5-16(14-15)19(28)20-21(23)25-22(29-20)24-17-6-8-18(9-7-17)27-12-10-26(2)11-13-27/h3-9,14H,10-13,23H2,1-2H3,(H,24,25). The van der Waals surface area contributed by atoms with Crippen LogP contribution in [0.2, 0.25) is 0 Å². The van der Waals surface area contributed by atoms with E-state index in [0.29, 0.717) is 15.6 Å². The molecule has 0 amide bonds. The molecule has 4 rings (SSSR count). The average Bonchev–Trinajstić information content (AvgIpc) is 3.08. The van der Waals surface area contributed by atoms with Crippen LogP contribution in [-0.4, -0.2) is 48.9 Å². The number of aryl methyl sites for hydroxylation is 1. The minimum atomic E-state index is -0.0952. The van der Waals surface area contributed by atoms with Gasteiger partial charge in [0.2, 0.25) is 5.78 Å². The highest BCUT2D eigenvalue weighted by Gasteiger charge is 2.18. The van der Waals surface area contributed by atoms with Crippen molar-refractivity contribution in [3.63, 3.8) is 0 Å². The van der Waals surface area contributed by atoms with Crippen LogP contribution >= 0.6 is 11.3 Å². The van der Waals surface area contributed by atoms with Gasteiger partial charge >= 0.3 is 0 Å². The van der Waals surface area contributed by atoms with Gasteiger partial charge in [0.1, 0.15) is 10.7 Å². The minimum absolute atomic E-state index is 0.0952. The molecule has 1 aromatic heterocycles. The first kappa shape index (κ1) is 19.4. The molecule has 29 heavy (non-hydrogen) atoms. The van der Waals surface area contributed by atoms with E-state index in [1.165, 1.54) is 17.0 Å². The Bertz CT molecular complexity index is 1010. The number of carbonyl (C=O) groups excluding carboxylic acids is 1. The summed E-state index contributed by atoms with van der Waals surface area (Å²) < 4.78 is 0. The third-order valence-corrected chi connectivity index (χ3v) is 6.11. The van der Waals surface area contributed by atoms with E-state index in [1.807, 2.05) is 37.3 Å². The molecule has 150 valence electrons. The summed E-state index contributed by atoms with van der Waals surface area (Å²) in [5, 5.41) is 3.89. The van der Waals surface area contributed by atoms with Gasteiger partial charge in [0.15, 0.2) is 5.13 Å². The Balaban J connectivity index is 1.46. The number of ketones is 1. The lowest BCUT2D eigenvalue weighted by molar-refractivity contribution is 0.104. The van der Waals surface area contributed by atoms with Crippen LogP contribution in [0.1, 0.15) is 20.8 Å². The van der Waals surface area contributed by atoms with Gasteiger partial charge < -0.3 is 20.9 Å². The highest BCUT2D eigenvalue weighted by atomic mass is 32.1. The van der Waals surface area contributed by atoms with Crippen molar-refractivity contribution >= 4 is 39.4 Å². The molecule has 0 radical (unpaired) electrons. The normalized spacial score (nSPS) is 14.8. The molecule has 0 bridgehead atoms. The smallest absolute Gasteiger partial charge is 0.206 e. The number of likely N-dealkylation sites (N-methyl/N-ethyl adjacent to an activating group) is 1. The first-order chi connectivity index (χ1) is 14.0. The summed E-state index contributed by atoms with van der Waals surface area (Å²) in [6.45, 7) is 6.20. The Morgan fingerprint density at radius 2 is 1.83 bits per heavy atom. The second-order valence-electron chi connectivity index (χ2n) is 7.39. The number of nitrogens with one attached hydrogen (secondary N) is 1. The number of hydrogen-bond donors (Lipinski definition) is 2. The summed E-state index contributed by atoms with van der Waals surface area (Å²) in [6, 6.07) is 15.8. The number of nitrogens with zero attached hydrogens (tertiary/aromatic N) is 3. The van der Waals surface area contributed by atoms with Gasteiger partial charge in [-0.3, -0.25) is 4.79 Å². The lowest BCUT2D eigenvalue weighted by Crippen LogP contribution is -2.44. The largest absolute Gasteiger partial charge is 0.382 e. The molecule has 0 saturated carbocycles. The highest BCUT2D eigenvalue weighted by Crippen LogP contribution is 2.30. The van der Waals surface area contributed by atoms with E-state index in [-0.39, 0.29) is 11.6 Å². The van der Waals surface area contributed by atoms with Crippen LogP contribution in [0.25, 0.3) is 0 Å². The summed E-state index contributed by atoms with van der Waals surface area (Å²) in [4.78, 5) is 22.3. The summed E-state index contributed by atoms with van der Waals surface area (Å²) in [7, 11) is 2.15. The van der Waals surface area contributed by atoms with Gasteiger partial charge in [-0.1, -0.05) is 35.1 Å². The zero-order valence-corrected chi connectivity index (χ0v) is 17.5. The van der Waals surface area contributed by atoms with Crippen molar-refractivity contribution in [3.05, 3.63) is 64.5 Å². The van der Waals surface area contributed by atoms with Crippen LogP contribution in [-0.2, 0) is 0 Å². The molecule has 3 aromatic rings. The highest BCUT2D eigenvalue weighted by molar-refractivity contribution is 7.18. The summed E-state index contributed by atoms with van der Waals surface area (Å²) in [6.07, 6.45) is 0. The quantitative estimate of drug-likeness (QED) is 0.628. The first-order valence-electron chi connectivity index (χ1n) is 9.68. The summed E-state index contributed by atoms with van der Waals surface area (Å²) in [5.74, 6) is 0.167. The molecule has 0 spiro atoms. The Labute approximate surface area is 175 Å². The molecule has 1 aliphatic rings. The second kappa shape index (κ2) is 8.23. The average molecular weight is 408 g/mol. The number of anilines is 4. The lowest BCUT2D eigenvalue weighted by atomic mass is 10.1. The Kier molecular flexibility index (Phi) is 5.51. The first-order valence-corrected chi connectivity index (χ1v) is 10.5. The van der Waals surface area contributed by atoms with Crippen molar-refractivity contribution in [3.8, 4) is 0 Å². The predicted octanol–water partition coefficient (Wildman–Crippen LogP) is 3.76. The minimum Gasteiger partial charge on any atom is -0.382 e. The molecule has 1 saturated heterocycles. The number of nitrogens with two attached hydrogens (primary N) is 1. The molecule has 2 heterocycles. The predicted molar refractivity (Wildman–Crippen MR) is 121 cm³/mol. The SMILES string of the molecule is Cc1cccc(C(=O)c2sc(Nc3ccc(N4CCN(C)CC4)cc3)nc2N)c1. The molecule has 6 nitrogen and oxygen atoms in total. The topological polar surface area (TPSA) is 74.5 Å². The van der Waals surface area contributed by atoms with Crippen LogP contribution < -0.4 is 16.0 Å². The van der Waals surface area contributed by atoms with Crippen molar-refractivity contribution in [2.24, 2.45) is 0 Å². The third-order valence-electron chi connectivity index (χ3n) is 5.13. The third kappa shape index (κ3) is 4.41. The molecule has 0 aliphatic carbocycles. The maximum absolute atomic E-state index is 12.8. The Morgan fingerprint density at radius 1 is 1.10 bits per heavy atom. The monoisotopic (exact) mass is 407 g/mol. The number of thiazole rings is 1. The fourth-order valence-corrected chi connectivity index (χ4v) is 4.28. The van der Waals surface area contributed by atoms with E-state index in [2.05, 4.69) is 39.3 Å². The molecular weight excluding hydrogens is 382 g/mol. The molecular formula is C22H25N5OS.